The highest BCUT2D eigenvalue weighted by Crippen LogP contribution is 2.12. The molecule has 116 valence electrons. The summed E-state index contributed by atoms with van der Waals surface area (Å²) in [5, 5.41) is 19.8. The van der Waals surface area contributed by atoms with Crippen molar-refractivity contribution in [1.82, 2.24) is 5.32 Å². The molecule has 0 aliphatic carbocycles. The van der Waals surface area contributed by atoms with Crippen LogP contribution < -0.4 is 5.32 Å². The van der Waals surface area contributed by atoms with E-state index in [1.165, 1.54) is 0 Å². The summed E-state index contributed by atoms with van der Waals surface area (Å²) in [5.41, 5.74) is 0. The largest absolute Gasteiger partial charge is 0.481 e. The fourth-order valence-corrected chi connectivity index (χ4v) is 2.43. The molecular formula is C12H21NO5S2. The van der Waals surface area contributed by atoms with E-state index in [1.54, 1.807) is 0 Å². The molecule has 0 bridgehead atoms. The van der Waals surface area contributed by atoms with Gasteiger partial charge in [0.1, 0.15) is 6.04 Å². The van der Waals surface area contributed by atoms with Crippen molar-refractivity contribution in [2.45, 2.75) is 49.8 Å². The lowest BCUT2D eigenvalue weighted by Crippen LogP contribution is -2.42. The number of carboxylic acid groups (broad SMARTS) is 2. The molecular weight excluding hydrogens is 302 g/mol. The molecule has 0 radical (unpaired) electrons. The maximum Gasteiger partial charge on any atom is 0.326 e. The molecule has 0 saturated heterocycles. The first-order chi connectivity index (χ1) is 9.36. The van der Waals surface area contributed by atoms with Gasteiger partial charge in [-0.1, -0.05) is 6.42 Å². The second kappa shape index (κ2) is 10.8. The zero-order chi connectivity index (χ0) is 15.5. The molecule has 0 spiro atoms. The van der Waals surface area contributed by atoms with Crippen molar-refractivity contribution in [3.05, 3.63) is 0 Å². The first kappa shape index (κ1) is 19.1. The number of amides is 1. The molecule has 0 aliphatic rings. The summed E-state index contributed by atoms with van der Waals surface area (Å²) in [4.78, 5) is 32.7. The van der Waals surface area contributed by atoms with Crippen LogP contribution in [-0.4, -0.2) is 45.1 Å². The number of carbonyl (C=O) groups excluding carboxylic acids is 1. The zero-order valence-electron chi connectivity index (χ0n) is 11.1. The van der Waals surface area contributed by atoms with Crippen molar-refractivity contribution in [1.29, 1.82) is 0 Å². The summed E-state index contributed by atoms with van der Waals surface area (Å²) in [5.74, 6) is -2.28. The number of hydrogen-bond donors (Lipinski definition) is 5. The number of carbonyl (C=O) groups is 3. The third-order valence-electron chi connectivity index (χ3n) is 2.67. The molecule has 6 nitrogen and oxygen atoms in total. The van der Waals surface area contributed by atoms with Crippen LogP contribution in [0.5, 0.6) is 0 Å². The van der Waals surface area contributed by atoms with Crippen molar-refractivity contribution < 1.29 is 24.6 Å². The van der Waals surface area contributed by atoms with E-state index in [4.69, 9.17) is 10.2 Å². The second-order valence-electron chi connectivity index (χ2n) is 4.47. The lowest BCUT2D eigenvalue weighted by atomic mass is 10.1. The van der Waals surface area contributed by atoms with Gasteiger partial charge in [-0.2, -0.15) is 25.3 Å². The fraction of sp³-hybridized carbons (Fsp3) is 0.750. The highest BCUT2D eigenvalue weighted by molar-refractivity contribution is 7.81. The van der Waals surface area contributed by atoms with Gasteiger partial charge >= 0.3 is 11.9 Å². The van der Waals surface area contributed by atoms with Crippen molar-refractivity contribution in [3.8, 4) is 0 Å². The Morgan fingerprint density at radius 1 is 1.10 bits per heavy atom. The van der Waals surface area contributed by atoms with E-state index in [2.05, 4.69) is 30.6 Å². The monoisotopic (exact) mass is 323 g/mol. The number of carboxylic acids is 2. The second-order valence-corrected chi connectivity index (χ2v) is 5.65. The minimum absolute atomic E-state index is 0.185. The maximum atomic E-state index is 11.5. The van der Waals surface area contributed by atoms with Crippen LogP contribution >= 0.6 is 25.3 Å². The SMILES string of the molecule is O=C(O)C[C@H](NC(=O)CCCCC(S)CCS)C(=O)O. The van der Waals surface area contributed by atoms with Crippen LogP contribution in [0.2, 0.25) is 0 Å². The number of thiol groups is 2. The zero-order valence-corrected chi connectivity index (χ0v) is 12.9. The van der Waals surface area contributed by atoms with E-state index in [0.29, 0.717) is 6.42 Å². The van der Waals surface area contributed by atoms with Crippen molar-refractivity contribution in [3.63, 3.8) is 0 Å². The minimum Gasteiger partial charge on any atom is -0.481 e. The van der Waals surface area contributed by atoms with Crippen LogP contribution in [0.4, 0.5) is 0 Å². The molecule has 0 aliphatic heterocycles. The predicted molar refractivity (Wildman–Crippen MR) is 81.5 cm³/mol. The van der Waals surface area contributed by atoms with Gasteiger partial charge < -0.3 is 15.5 Å². The van der Waals surface area contributed by atoms with E-state index < -0.39 is 30.3 Å². The molecule has 0 saturated carbocycles. The van der Waals surface area contributed by atoms with Gasteiger partial charge in [-0.3, -0.25) is 9.59 Å². The fourth-order valence-electron chi connectivity index (χ4n) is 1.60. The Kier molecular flexibility index (Phi) is 10.4. The quantitative estimate of drug-likeness (QED) is 0.290. The van der Waals surface area contributed by atoms with Gasteiger partial charge in [0.05, 0.1) is 6.42 Å². The van der Waals surface area contributed by atoms with Crippen molar-refractivity contribution in [2.75, 3.05) is 5.75 Å². The first-order valence-corrected chi connectivity index (χ1v) is 7.54. The molecule has 0 heterocycles. The Labute approximate surface area is 129 Å². The number of hydrogen-bond acceptors (Lipinski definition) is 5. The highest BCUT2D eigenvalue weighted by Gasteiger charge is 2.22. The molecule has 0 aromatic rings. The summed E-state index contributed by atoms with van der Waals surface area (Å²) in [6, 6.07) is -1.37. The molecule has 2 atom stereocenters. The van der Waals surface area contributed by atoms with Crippen molar-refractivity contribution in [2.24, 2.45) is 0 Å². The molecule has 0 rings (SSSR count). The van der Waals surface area contributed by atoms with E-state index in [1.807, 2.05) is 0 Å². The van der Waals surface area contributed by atoms with E-state index in [9.17, 15) is 14.4 Å². The van der Waals surface area contributed by atoms with Crippen molar-refractivity contribution >= 4 is 43.1 Å². The summed E-state index contributed by atoms with van der Waals surface area (Å²) in [6.45, 7) is 0. The van der Waals surface area contributed by atoms with E-state index >= 15 is 0 Å². The predicted octanol–water partition coefficient (Wildman–Crippen LogP) is 1.21. The first-order valence-electron chi connectivity index (χ1n) is 6.39. The van der Waals surface area contributed by atoms with Gasteiger partial charge in [0.25, 0.3) is 0 Å². The maximum absolute atomic E-state index is 11.5. The normalized spacial score (nSPS) is 13.5. The van der Waals surface area contributed by atoms with Gasteiger partial charge in [0.15, 0.2) is 0 Å². The summed E-state index contributed by atoms with van der Waals surface area (Å²) < 4.78 is 0. The highest BCUT2D eigenvalue weighted by atomic mass is 32.1. The lowest BCUT2D eigenvalue weighted by molar-refractivity contribution is -0.147. The average Bonchev–Trinajstić information content (AvgIpc) is 2.33. The Morgan fingerprint density at radius 3 is 2.25 bits per heavy atom. The van der Waals surface area contributed by atoms with Crippen LogP contribution in [0.1, 0.15) is 38.5 Å². The van der Waals surface area contributed by atoms with Crippen LogP contribution in [0.15, 0.2) is 0 Å². The van der Waals surface area contributed by atoms with Gasteiger partial charge in [0.2, 0.25) is 5.91 Å². The van der Waals surface area contributed by atoms with Gasteiger partial charge in [-0.05, 0) is 25.0 Å². The van der Waals surface area contributed by atoms with Crippen LogP contribution in [0.3, 0.4) is 0 Å². The number of aliphatic carboxylic acids is 2. The lowest BCUT2D eigenvalue weighted by Gasteiger charge is -2.12. The topological polar surface area (TPSA) is 104 Å². The van der Waals surface area contributed by atoms with Crippen LogP contribution in [0, 0.1) is 0 Å². The Morgan fingerprint density at radius 2 is 1.75 bits per heavy atom. The standard InChI is InChI=1S/C12H21NO5S2/c14-10(4-2-1-3-8(20)5-6-19)13-9(12(17)18)7-11(15)16/h8-9,19-20H,1-7H2,(H,13,14)(H,15,16)(H,17,18)/t8?,9-/m0/s1. The summed E-state index contributed by atoms with van der Waals surface area (Å²) in [7, 11) is 0. The average molecular weight is 323 g/mol. The number of unbranched alkanes of at least 4 members (excludes halogenated alkanes) is 1. The smallest absolute Gasteiger partial charge is 0.326 e. The molecule has 1 unspecified atom stereocenters. The molecule has 20 heavy (non-hydrogen) atoms. The Hall–Kier alpha value is -0.890. The molecule has 8 heteroatoms. The molecule has 0 aromatic heterocycles. The van der Waals surface area contributed by atoms with Gasteiger partial charge in [0, 0.05) is 11.7 Å². The molecule has 0 fully saturated rings. The van der Waals surface area contributed by atoms with E-state index in [-0.39, 0.29) is 11.7 Å². The third-order valence-corrected chi connectivity index (χ3v) is 3.44. The van der Waals surface area contributed by atoms with Crippen LogP contribution in [0.25, 0.3) is 0 Å². The van der Waals surface area contributed by atoms with Gasteiger partial charge in [-0.15, -0.1) is 0 Å². The molecule has 0 aromatic carbocycles. The number of rotatable bonds is 11. The Bertz CT molecular complexity index is 338. The third kappa shape index (κ3) is 9.96. The number of nitrogens with one attached hydrogen (secondary N) is 1. The summed E-state index contributed by atoms with van der Waals surface area (Å²) >= 11 is 8.47. The minimum atomic E-state index is -1.37. The Balaban J connectivity index is 3.91. The molecule has 1 amide bonds. The van der Waals surface area contributed by atoms with E-state index in [0.717, 1.165) is 25.0 Å². The summed E-state index contributed by atoms with van der Waals surface area (Å²) in [6.07, 6.45) is 2.76. The van der Waals surface area contributed by atoms with Crippen LogP contribution in [-0.2, 0) is 14.4 Å². The molecule has 3 N–H and O–H groups in total. The van der Waals surface area contributed by atoms with Gasteiger partial charge in [-0.25, -0.2) is 4.79 Å².